The molecule has 2 N–H and O–H groups in total. The summed E-state index contributed by atoms with van der Waals surface area (Å²) in [4.78, 5) is 9.04. The van der Waals surface area contributed by atoms with E-state index in [2.05, 4.69) is 16.9 Å². The van der Waals surface area contributed by atoms with Crippen LogP contribution in [0.2, 0.25) is 0 Å². The first-order chi connectivity index (χ1) is 6.67. The van der Waals surface area contributed by atoms with E-state index in [0.29, 0.717) is 5.92 Å². The van der Waals surface area contributed by atoms with Crippen molar-refractivity contribution in [1.29, 1.82) is 0 Å². The fraction of sp³-hybridized carbons (Fsp3) is 0.636. The molecule has 0 aliphatic heterocycles. The van der Waals surface area contributed by atoms with Gasteiger partial charge in [0.15, 0.2) is 0 Å². The van der Waals surface area contributed by atoms with Gasteiger partial charge < -0.3 is 5.73 Å². The van der Waals surface area contributed by atoms with Crippen molar-refractivity contribution in [2.45, 2.75) is 44.1 Å². The summed E-state index contributed by atoms with van der Waals surface area (Å²) in [7, 11) is 0. The largest absolute Gasteiger partial charge is 0.320 e. The first kappa shape index (κ1) is 8.36. The lowest BCUT2D eigenvalue weighted by Gasteiger charge is -2.17. The topological polar surface area (TPSA) is 51.8 Å². The maximum absolute atomic E-state index is 6.19. The molecule has 1 atom stereocenters. The Morgan fingerprint density at radius 2 is 2.29 bits per heavy atom. The number of aromatic nitrogens is 2. The molecule has 3 rings (SSSR count). The van der Waals surface area contributed by atoms with E-state index in [4.69, 9.17) is 5.73 Å². The summed E-state index contributed by atoms with van der Waals surface area (Å²) in [6, 6.07) is 0. The first-order valence-electron chi connectivity index (χ1n) is 5.32. The van der Waals surface area contributed by atoms with Gasteiger partial charge in [-0.3, -0.25) is 0 Å². The fourth-order valence-electron chi connectivity index (χ4n) is 2.15. The molecule has 2 aliphatic rings. The second-order valence-corrected chi connectivity index (χ2v) is 4.79. The fourth-order valence-corrected chi connectivity index (χ4v) is 2.15. The van der Waals surface area contributed by atoms with Gasteiger partial charge in [-0.15, -0.1) is 0 Å². The van der Waals surface area contributed by atoms with Crippen molar-refractivity contribution < 1.29 is 0 Å². The van der Waals surface area contributed by atoms with E-state index >= 15 is 0 Å². The van der Waals surface area contributed by atoms with Crippen LogP contribution in [0.4, 0.5) is 0 Å². The lowest BCUT2D eigenvalue weighted by molar-refractivity contribution is 0.478. The van der Waals surface area contributed by atoms with Crippen LogP contribution in [0.15, 0.2) is 6.20 Å². The molecule has 0 radical (unpaired) electrons. The minimum atomic E-state index is -0.220. The van der Waals surface area contributed by atoms with E-state index in [1.54, 1.807) is 0 Å². The van der Waals surface area contributed by atoms with Gasteiger partial charge in [0.25, 0.3) is 0 Å². The Morgan fingerprint density at radius 3 is 3.00 bits per heavy atom. The summed E-state index contributed by atoms with van der Waals surface area (Å²) in [5.41, 5.74) is 8.31. The summed E-state index contributed by atoms with van der Waals surface area (Å²) in [6.07, 6.45) is 6.52. The minimum Gasteiger partial charge on any atom is -0.320 e. The van der Waals surface area contributed by atoms with Crippen LogP contribution in [-0.2, 0) is 12.0 Å². The normalized spacial score (nSPS) is 30.4. The molecule has 1 aromatic rings. The predicted molar refractivity (Wildman–Crippen MR) is 53.9 cm³/mol. The summed E-state index contributed by atoms with van der Waals surface area (Å²) < 4.78 is 0. The zero-order valence-electron chi connectivity index (χ0n) is 8.45. The van der Waals surface area contributed by atoms with Gasteiger partial charge in [-0.25, -0.2) is 9.97 Å². The highest BCUT2D eigenvalue weighted by atomic mass is 14.9. The molecule has 1 heterocycles. The van der Waals surface area contributed by atoms with E-state index in [-0.39, 0.29) is 5.54 Å². The minimum absolute atomic E-state index is 0.220. The molecule has 1 unspecified atom stereocenters. The summed E-state index contributed by atoms with van der Waals surface area (Å²) in [5.74, 6) is 1.64. The van der Waals surface area contributed by atoms with E-state index in [1.165, 1.54) is 18.4 Å². The first-order valence-corrected chi connectivity index (χ1v) is 5.32. The molecular formula is C11H15N3. The van der Waals surface area contributed by atoms with Crippen LogP contribution in [-0.4, -0.2) is 9.97 Å². The molecule has 0 aromatic carbocycles. The van der Waals surface area contributed by atoms with E-state index in [9.17, 15) is 0 Å². The number of rotatable bonds is 1. The maximum Gasteiger partial charge on any atom is 0.131 e. The molecule has 0 bridgehead atoms. The van der Waals surface area contributed by atoms with Gasteiger partial charge in [-0.2, -0.15) is 0 Å². The van der Waals surface area contributed by atoms with Gasteiger partial charge in [-0.05, 0) is 38.2 Å². The van der Waals surface area contributed by atoms with Crippen LogP contribution in [0.3, 0.4) is 0 Å². The Balaban J connectivity index is 2.08. The Labute approximate surface area is 83.8 Å². The zero-order valence-corrected chi connectivity index (χ0v) is 8.45. The number of aryl methyl sites for hydroxylation is 1. The summed E-state index contributed by atoms with van der Waals surface area (Å²) in [5, 5.41) is 0. The highest BCUT2D eigenvalue weighted by Crippen LogP contribution is 2.40. The highest BCUT2D eigenvalue weighted by molar-refractivity contribution is 5.31. The van der Waals surface area contributed by atoms with Crippen LogP contribution in [0.5, 0.6) is 0 Å². The van der Waals surface area contributed by atoms with Crippen LogP contribution in [0, 0.1) is 0 Å². The standard InChI is InChI=1S/C11H15N3/c1-11(12)5-4-8-6-13-10(7-2-3-7)14-9(8)11/h6-7H,2-5,12H2,1H3. The van der Waals surface area contributed by atoms with Crippen molar-refractivity contribution in [2.75, 3.05) is 0 Å². The molecule has 1 fully saturated rings. The average molecular weight is 189 g/mol. The van der Waals surface area contributed by atoms with Crippen molar-refractivity contribution in [3.63, 3.8) is 0 Å². The molecule has 14 heavy (non-hydrogen) atoms. The quantitative estimate of drug-likeness (QED) is 0.728. The smallest absolute Gasteiger partial charge is 0.131 e. The highest BCUT2D eigenvalue weighted by Gasteiger charge is 2.35. The van der Waals surface area contributed by atoms with E-state index < -0.39 is 0 Å². The van der Waals surface area contributed by atoms with Gasteiger partial charge in [0, 0.05) is 12.1 Å². The molecule has 74 valence electrons. The van der Waals surface area contributed by atoms with Crippen molar-refractivity contribution in [3.05, 3.63) is 23.3 Å². The summed E-state index contributed by atoms with van der Waals surface area (Å²) >= 11 is 0. The molecule has 3 heteroatoms. The second kappa shape index (κ2) is 2.54. The number of hydrogen-bond donors (Lipinski definition) is 1. The van der Waals surface area contributed by atoms with Gasteiger partial charge in [0.05, 0.1) is 11.2 Å². The molecule has 3 nitrogen and oxygen atoms in total. The van der Waals surface area contributed by atoms with E-state index in [1.807, 2.05) is 6.20 Å². The molecule has 0 saturated heterocycles. The third kappa shape index (κ3) is 1.16. The SMILES string of the molecule is CC1(N)CCc2cnc(C3CC3)nc21. The lowest BCUT2D eigenvalue weighted by Crippen LogP contribution is -2.31. The van der Waals surface area contributed by atoms with Gasteiger partial charge >= 0.3 is 0 Å². The number of nitrogens with two attached hydrogens (primary N) is 1. The third-order valence-corrected chi connectivity index (χ3v) is 3.28. The van der Waals surface area contributed by atoms with Gasteiger partial charge in [-0.1, -0.05) is 0 Å². The third-order valence-electron chi connectivity index (χ3n) is 3.28. The molecule has 2 aliphatic carbocycles. The monoisotopic (exact) mass is 189 g/mol. The molecule has 1 saturated carbocycles. The van der Waals surface area contributed by atoms with Crippen molar-refractivity contribution in [3.8, 4) is 0 Å². The summed E-state index contributed by atoms with van der Waals surface area (Å²) in [6.45, 7) is 2.07. The van der Waals surface area contributed by atoms with Gasteiger partial charge in [0.1, 0.15) is 5.82 Å². The Hall–Kier alpha value is -0.960. The van der Waals surface area contributed by atoms with Crippen LogP contribution >= 0.6 is 0 Å². The van der Waals surface area contributed by atoms with Crippen molar-refractivity contribution >= 4 is 0 Å². The maximum atomic E-state index is 6.19. The Bertz CT molecular complexity index is 380. The second-order valence-electron chi connectivity index (χ2n) is 4.79. The van der Waals surface area contributed by atoms with Crippen molar-refractivity contribution in [2.24, 2.45) is 5.73 Å². The van der Waals surface area contributed by atoms with Crippen LogP contribution < -0.4 is 5.73 Å². The molecular weight excluding hydrogens is 174 g/mol. The van der Waals surface area contributed by atoms with Crippen LogP contribution in [0.1, 0.15) is 49.2 Å². The zero-order chi connectivity index (χ0) is 9.76. The van der Waals surface area contributed by atoms with Gasteiger partial charge in [0.2, 0.25) is 0 Å². The molecule has 1 aromatic heterocycles. The van der Waals surface area contributed by atoms with Crippen molar-refractivity contribution in [1.82, 2.24) is 9.97 Å². The lowest BCUT2D eigenvalue weighted by atomic mass is 10.0. The number of nitrogens with zero attached hydrogens (tertiary/aromatic N) is 2. The van der Waals surface area contributed by atoms with E-state index in [0.717, 1.165) is 24.4 Å². The Kier molecular flexibility index (Phi) is 1.52. The molecule has 0 spiro atoms. The Morgan fingerprint density at radius 1 is 1.50 bits per heavy atom. The number of fused-ring (bicyclic) bond motifs is 1. The predicted octanol–water partition coefficient (Wildman–Crippen LogP) is 1.47. The van der Waals surface area contributed by atoms with Crippen LogP contribution in [0.25, 0.3) is 0 Å². The number of hydrogen-bond acceptors (Lipinski definition) is 3. The molecule has 0 amide bonds. The average Bonchev–Trinajstić information content (AvgIpc) is 2.94.